The molecule has 1 aromatic heterocycles. The standard InChI is InChI=1S/C9H8N4O3/c1-5-11-9(16-12-5)7-3-2-6(13(14)15)4-8(7)10/h2-4H,10H2,1H3. The molecule has 0 bridgehead atoms. The van der Waals surface area contributed by atoms with Crippen molar-refractivity contribution in [2.24, 2.45) is 0 Å². The van der Waals surface area contributed by atoms with E-state index in [0.29, 0.717) is 11.4 Å². The normalized spacial score (nSPS) is 10.3. The number of aromatic nitrogens is 2. The van der Waals surface area contributed by atoms with Crippen molar-refractivity contribution in [1.29, 1.82) is 0 Å². The Balaban J connectivity index is 2.47. The summed E-state index contributed by atoms with van der Waals surface area (Å²) in [6.45, 7) is 1.68. The summed E-state index contributed by atoms with van der Waals surface area (Å²) < 4.78 is 4.92. The molecular formula is C9H8N4O3. The van der Waals surface area contributed by atoms with Crippen molar-refractivity contribution in [2.75, 3.05) is 5.73 Å². The summed E-state index contributed by atoms with van der Waals surface area (Å²) in [4.78, 5) is 14.0. The molecule has 0 spiro atoms. The van der Waals surface area contributed by atoms with Crippen molar-refractivity contribution in [1.82, 2.24) is 10.1 Å². The Morgan fingerprint density at radius 1 is 1.50 bits per heavy atom. The first kappa shape index (κ1) is 10.1. The fourth-order valence-electron chi connectivity index (χ4n) is 1.26. The van der Waals surface area contributed by atoms with Gasteiger partial charge in [-0.25, -0.2) is 0 Å². The monoisotopic (exact) mass is 220 g/mol. The summed E-state index contributed by atoms with van der Waals surface area (Å²) in [5.74, 6) is 0.734. The number of anilines is 1. The van der Waals surface area contributed by atoms with Crippen LogP contribution in [0.25, 0.3) is 11.5 Å². The molecule has 82 valence electrons. The molecule has 0 radical (unpaired) electrons. The van der Waals surface area contributed by atoms with Crippen LogP contribution in [0.2, 0.25) is 0 Å². The third kappa shape index (κ3) is 1.70. The van der Waals surface area contributed by atoms with Crippen molar-refractivity contribution < 1.29 is 9.45 Å². The molecule has 16 heavy (non-hydrogen) atoms. The van der Waals surface area contributed by atoms with E-state index >= 15 is 0 Å². The number of aryl methyl sites for hydroxylation is 1. The van der Waals surface area contributed by atoms with E-state index in [2.05, 4.69) is 10.1 Å². The Morgan fingerprint density at radius 3 is 2.75 bits per heavy atom. The number of non-ortho nitro benzene ring substituents is 1. The van der Waals surface area contributed by atoms with Gasteiger partial charge in [-0.05, 0) is 13.0 Å². The third-order valence-corrected chi connectivity index (χ3v) is 2.00. The maximum atomic E-state index is 10.5. The van der Waals surface area contributed by atoms with Crippen LogP contribution >= 0.6 is 0 Å². The molecule has 7 heteroatoms. The lowest BCUT2D eigenvalue weighted by Crippen LogP contribution is -1.94. The van der Waals surface area contributed by atoms with Gasteiger partial charge in [0.25, 0.3) is 11.6 Å². The fraction of sp³-hybridized carbons (Fsp3) is 0.111. The lowest BCUT2D eigenvalue weighted by molar-refractivity contribution is -0.384. The van der Waals surface area contributed by atoms with Crippen LogP contribution in [0, 0.1) is 17.0 Å². The highest BCUT2D eigenvalue weighted by molar-refractivity contribution is 5.72. The van der Waals surface area contributed by atoms with Gasteiger partial charge in [0.1, 0.15) is 0 Å². The van der Waals surface area contributed by atoms with Crippen LogP contribution in [0.4, 0.5) is 11.4 Å². The van der Waals surface area contributed by atoms with E-state index in [1.54, 1.807) is 6.92 Å². The van der Waals surface area contributed by atoms with Crippen molar-refractivity contribution in [3.05, 3.63) is 34.1 Å². The van der Waals surface area contributed by atoms with Crippen molar-refractivity contribution >= 4 is 11.4 Å². The Bertz CT molecular complexity index is 549. The molecule has 0 atom stereocenters. The predicted molar refractivity (Wildman–Crippen MR) is 55.5 cm³/mol. The Morgan fingerprint density at radius 2 is 2.25 bits per heavy atom. The summed E-state index contributed by atoms with van der Waals surface area (Å²) in [5, 5.41) is 14.1. The number of nitro benzene ring substituents is 1. The van der Waals surface area contributed by atoms with Crippen molar-refractivity contribution in [3.8, 4) is 11.5 Å². The number of nitrogen functional groups attached to an aromatic ring is 1. The predicted octanol–water partition coefficient (Wildman–Crippen LogP) is 1.54. The summed E-state index contributed by atoms with van der Waals surface area (Å²) in [7, 11) is 0. The molecular weight excluding hydrogens is 212 g/mol. The number of nitrogens with two attached hydrogens (primary N) is 1. The van der Waals surface area contributed by atoms with E-state index in [0.717, 1.165) is 0 Å². The fourth-order valence-corrected chi connectivity index (χ4v) is 1.26. The number of rotatable bonds is 2. The maximum Gasteiger partial charge on any atom is 0.271 e. The minimum atomic E-state index is -0.515. The summed E-state index contributed by atoms with van der Waals surface area (Å²) in [5.41, 5.74) is 6.32. The summed E-state index contributed by atoms with van der Waals surface area (Å²) in [6, 6.07) is 4.08. The van der Waals surface area contributed by atoms with E-state index in [-0.39, 0.29) is 17.3 Å². The molecule has 0 fully saturated rings. The smallest absolute Gasteiger partial charge is 0.271 e. The lowest BCUT2D eigenvalue weighted by Gasteiger charge is -1.99. The molecule has 0 aliphatic carbocycles. The van der Waals surface area contributed by atoms with E-state index in [9.17, 15) is 10.1 Å². The second kappa shape index (κ2) is 3.61. The van der Waals surface area contributed by atoms with Gasteiger partial charge in [-0.1, -0.05) is 5.16 Å². The molecule has 1 heterocycles. The molecule has 0 unspecified atom stereocenters. The second-order valence-electron chi connectivity index (χ2n) is 3.18. The van der Waals surface area contributed by atoms with Crippen LogP contribution in [-0.2, 0) is 0 Å². The van der Waals surface area contributed by atoms with E-state index < -0.39 is 4.92 Å². The van der Waals surface area contributed by atoms with Crippen LogP contribution in [0.5, 0.6) is 0 Å². The van der Waals surface area contributed by atoms with Crippen molar-refractivity contribution in [2.45, 2.75) is 6.92 Å². The van der Waals surface area contributed by atoms with Gasteiger partial charge in [-0.3, -0.25) is 10.1 Å². The Labute approximate surface area is 90.0 Å². The minimum absolute atomic E-state index is 0.0718. The van der Waals surface area contributed by atoms with Crippen LogP contribution in [0.1, 0.15) is 5.82 Å². The van der Waals surface area contributed by atoms with Gasteiger partial charge in [-0.2, -0.15) is 4.98 Å². The van der Waals surface area contributed by atoms with Gasteiger partial charge in [-0.15, -0.1) is 0 Å². The number of nitro groups is 1. The zero-order valence-corrected chi connectivity index (χ0v) is 8.38. The van der Waals surface area contributed by atoms with E-state index in [1.165, 1.54) is 18.2 Å². The lowest BCUT2D eigenvalue weighted by atomic mass is 10.1. The molecule has 1 aromatic carbocycles. The van der Waals surface area contributed by atoms with Gasteiger partial charge in [0.2, 0.25) is 0 Å². The highest BCUT2D eigenvalue weighted by Crippen LogP contribution is 2.27. The Kier molecular flexibility index (Phi) is 2.28. The molecule has 7 nitrogen and oxygen atoms in total. The average Bonchev–Trinajstić information content (AvgIpc) is 2.64. The SMILES string of the molecule is Cc1noc(-c2ccc([N+](=O)[O-])cc2N)n1. The number of hydrogen-bond acceptors (Lipinski definition) is 6. The average molecular weight is 220 g/mol. The van der Waals surface area contributed by atoms with Gasteiger partial charge < -0.3 is 10.3 Å². The van der Waals surface area contributed by atoms with Gasteiger partial charge in [0.15, 0.2) is 5.82 Å². The minimum Gasteiger partial charge on any atom is -0.398 e. The molecule has 2 N–H and O–H groups in total. The topological polar surface area (TPSA) is 108 Å². The largest absolute Gasteiger partial charge is 0.398 e. The van der Waals surface area contributed by atoms with Crippen LogP contribution in [0.15, 0.2) is 22.7 Å². The van der Waals surface area contributed by atoms with Gasteiger partial charge in [0, 0.05) is 12.1 Å². The highest BCUT2D eigenvalue weighted by Gasteiger charge is 2.13. The molecule has 0 aliphatic rings. The second-order valence-corrected chi connectivity index (χ2v) is 3.18. The first-order valence-corrected chi connectivity index (χ1v) is 4.42. The number of benzene rings is 1. The van der Waals surface area contributed by atoms with E-state index in [1.807, 2.05) is 0 Å². The van der Waals surface area contributed by atoms with Crippen LogP contribution < -0.4 is 5.73 Å². The summed E-state index contributed by atoms with van der Waals surface area (Å²) in [6.07, 6.45) is 0. The van der Waals surface area contributed by atoms with E-state index in [4.69, 9.17) is 10.3 Å². The Hall–Kier alpha value is -2.44. The van der Waals surface area contributed by atoms with Gasteiger partial charge in [0.05, 0.1) is 16.2 Å². The van der Waals surface area contributed by atoms with Crippen LogP contribution in [-0.4, -0.2) is 15.1 Å². The zero-order chi connectivity index (χ0) is 11.7. The number of hydrogen-bond donors (Lipinski definition) is 1. The highest BCUT2D eigenvalue weighted by atomic mass is 16.6. The molecule has 2 aromatic rings. The van der Waals surface area contributed by atoms with Crippen molar-refractivity contribution in [3.63, 3.8) is 0 Å². The molecule has 2 rings (SSSR count). The molecule has 0 amide bonds. The maximum absolute atomic E-state index is 10.5. The summed E-state index contributed by atoms with van der Waals surface area (Å²) >= 11 is 0. The first-order chi connectivity index (χ1) is 7.58. The first-order valence-electron chi connectivity index (χ1n) is 4.42. The third-order valence-electron chi connectivity index (χ3n) is 2.00. The quantitative estimate of drug-likeness (QED) is 0.467. The molecule has 0 aliphatic heterocycles. The van der Waals surface area contributed by atoms with Crippen LogP contribution in [0.3, 0.4) is 0 Å². The number of nitrogens with zero attached hydrogens (tertiary/aromatic N) is 3. The molecule has 0 saturated carbocycles. The van der Waals surface area contributed by atoms with Gasteiger partial charge >= 0.3 is 0 Å². The zero-order valence-electron chi connectivity index (χ0n) is 8.38. The molecule has 0 saturated heterocycles.